The van der Waals surface area contributed by atoms with E-state index in [9.17, 15) is 0 Å². The van der Waals surface area contributed by atoms with E-state index in [4.69, 9.17) is 4.74 Å². The Balaban J connectivity index is 0.940. The second kappa shape index (κ2) is 15.6. The van der Waals surface area contributed by atoms with Gasteiger partial charge in [-0.05, 0) is 123 Å². The van der Waals surface area contributed by atoms with Crippen LogP contribution in [0.25, 0.3) is 55.3 Å². The van der Waals surface area contributed by atoms with Crippen molar-refractivity contribution in [1.29, 1.82) is 0 Å². The van der Waals surface area contributed by atoms with E-state index in [-0.39, 0.29) is 0 Å². The van der Waals surface area contributed by atoms with Crippen molar-refractivity contribution in [2.24, 2.45) is 0 Å². The van der Waals surface area contributed by atoms with Crippen LogP contribution in [0.2, 0.25) is 0 Å². The predicted octanol–water partition coefficient (Wildman–Crippen LogP) is 16.6. The van der Waals surface area contributed by atoms with Crippen LogP contribution in [-0.4, -0.2) is 0 Å². The van der Waals surface area contributed by atoms with Crippen LogP contribution in [-0.2, 0) is 0 Å². The number of hydrogen-bond acceptors (Lipinski definition) is 3. The zero-order valence-electron chi connectivity index (χ0n) is 33.4. The van der Waals surface area contributed by atoms with E-state index in [2.05, 4.69) is 252 Å². The van der Waals surface area contributed by atoms with E-state index in [0.29, 0.717) is 0 Å². The molecule has 0 saturated carbocycles. The van der Waals surface area contributed by atoms with Crippen LogP contribution in [0.1, 0.15) is 0 Å². The molecule has 0 radical (unpaired) electrons. The van der Waals surface area contributed by atoms with Crippen molar-refractivity contribution in [3.8, 4) is 56.0 Å². The molecule has 1 aliphatic rings. The van der Waals surface area contributed by atoms with Crippen LogP contribution in [0.4, 0.5) is 34.1 Å². The van der Waals surface area contributed by atoms with Gasteiger partial charge in [0.1, 0.15) is 11.5 Å². The Kier molecular flexibility index (Phi) is 9.18. The van der Waals surface area contributed by atoms with E-state index >= 15 is 0 Å². The molecular formula is C58H40N2O. The molecule has 0 bridgehead atoms. The molecule has 3 heteroatoms. The fraction of sp³-hybridized carbons (Fsp3) is 0. The number of benzene rings is 10. The first-order valence-electron chi connectivity index (χ1n) is 20.7. The molecule has 0 N–H and O–H groups in total. The van der Waals surface area contributed by atoms with Crippen LogP contribution in [0.3, 0.4) is 0 Å². The van der Waals surface area contributed by atoms with Crippen molar-refractivity contribution in [2.45, 2.75) is 0 Å². The van der Waals surface area contributed by atoms with Gasteiger partial charge in [0.2, 0.25) is 0 Å². The zero-order valence-corrected chi connectivity index (χ0v) is 33.4. The normalized spacial score (nSPS) is 11.4. The minimum Gasteiger partial charge on any atom is -0.456 e. The van der Waals surface area contributed by atoms with Gasteiger partial charge in [-0.25, -0.2) is 0 Å². The molecule has 1 aliphatic heterocycles. The Morgan fingerprint density at radius 3 is 1.16 bits per heavy atom. The lowest BCUT2D eigenvalue weighted by atomic mass is 9.92. The lowest BCUT2D eigenvalue weighted by Crippen LogP contribution is -2.10. The Morgan fingerprint density at radius 1 is 0.246 bits per heavy atom. The molecule has 0 spiro atoms. The van der Waals surface area contributed by atoms with Gasteiger partial charge in [-0.3, -0.25) is 0 Å². The Hall–Kier alpha value is -8.14. The summed E-state index contributed by atoms with van der Waals surface area (Å²) in [6.07, 6.45) is 0. The lowest BCUT2D eigenvalue weighted by molar-refractivity contribution is 0.487. The molecule has 0 unspecified atom stereocenters. The van der Waals surface area contributed by atoms with E-state index in [1.165, 1.54) is 27.8 Å². The van der Waals surface area contributed by atoms with Crippen LogP contribution in [0, 0.1) is 0 Å². The van der Waals surface area contributed by atoms with Crippen molar-refractivity contribution in [3.05, 3.63) is 243 Å². The molecule has 11 rings (SSSR count). The van der Waals surface area contributed by atoms with Gasteiger partial charge in [0.05, 0.1) is 5.69 Å². The van der Waals surface area contributed by atoms with Crippen molar-refractivity contribution in [1.82, 2.24) is 0 Å². The van der Waals surface area contributed by atoms with E-state index in [1.807, 2.05) is 0 Å². The van der Waals surface area contributed by atoms with Crippen LogP contribution >= 0.6 is 0 Å². The van der Waals surface area contributed by atoms with E-state index in [0.717, 1.165) is 73.1 Å². The second-order valence-corrected chi connectivity index (χ2v) is 15.4. The van der Waals surface area contributed by atoms with Gasteiger partial charge in [0, 0.05) is 45.5 Å². The number of ether oxygens (including phenoxy) is 1. The maximum Gasteiger partial charge on any atom is 0.138 e. The monoisotopic (exact) mass is 780 g/mol. The number of para-hydroxylation sites is 2. The largest absolute Gasteiger partial charge is 0.456 e. The number of hydrogen-bond donors (Lipinski definition) is 0. The highest BCUT2D eigenvalue weighted by Crippen LogP contribution is 2.50. The first-order chi connectivity index (χ1) is 30.2. The Labute approximate surface area is 356 Å². The molecule has 61 heavy (non-hydrogen) atoms. The topological polar surface area (TPSA) is 15.7 Å². The van der Waals surface area contributed by atoms with Crippen LogP contribution < -0.4 is 14.5 Å². The molecule has 3 nitrogen and oxygen atoms in total. The van der Waals surface area contributed by atoms with Crippen molar-refractivity contribution in [2.75, 3.05) is 9.80 Å². The summed E-state index contributed by atoms with van der Waals surface area (Å²) in [5, 5.41) is 2.27. The van der Waals surface area contributed by atoms with Gasteiger partial charge in [-0.1, -0.05) is 158 Å². The van der Waals surface area contributed by atoms with Crippen molar-refractivity contribution in [3.63, 3.8) is 0 Å². The molecule has 288 valence electrons. The molecule has 10 aromatic carbocycles. The third-order valence-corrected chi connectivity index (χ3v) is 11.6. The quantitative estimate of drug-likeness (QED) is 0.145. The highest BCUT2D eigenvalue weighted by molar-refractivity contribution is 6.06. The summed E-state index contributed by atoms with van der Waals surface area (Å²) in [7, 11) is 0. The fourth-order valence-electron chi connectivity index (χ4n) is 8.65. The fourth-order valence-corrected chi connectivity index (χ4v) is 8.65. The number of fused-ring (bicyclic) bond motifs is 2. The maximum absolute atomic E-state index is 6.90. The zero-order chi connectivity index (χ0) is 40.5. The third kappa shape index (κ3) is 6.88. The highest BCUT2D eigenvalue weighted by atomic mass is 16.5. The summed E-state index contributed by atoms with van der Waals surface area (Å²) < 4.78 is 6.90. The van der Waals surface area contributed by atoms with Crippen molar-refractivity contribution >= 4 is 44.9 Å². The standard InChI is InChI=1S/C58H40N2O/c1-5-14-41(15-6-1)43-24-31-50(32-25-43)59(51-33-26-44(27-34-51)42-16-7-2-8-17-42)52-35-28-45(29-36-52)46-30-37-54-55-23-13-18-47-38-53(40-57(58(47)55)61-56(54)39-46)60(48-19-9-3-10-20-48)49-21-11-4-12-22-49/h1-40H. The minimum atomic E-state index is 0.850. The lowest BCUT2D eigenvalue weighted by Gasteiger charge is -2.28. The summed E-state index contributed by atoms with van der Waals surface area (Å²) >= 11 is 0. The smallest absolute Gasteiger partial charge is 0.138 e. The van der Waals surface area contributed by atoms with Gasteiger partial charge in [0.15, 0.2) is 0 Å². The first-order valence-corrected chi connectivity index (χ1v) is 20.7. The molecule has 0 fully saturated rings. The average Bonchev–Trinajstić information content (AvgIpc) is 3.33. The summed E-state index contributed by atoms with van der Waals surface area (Å²) in [5.41, 5.74) is 15.7. The van der Waals surface area contributed by atoms with E-state index in [1.54, 1.807) is 0 Å². The molecular weight excluding hydrogens is 741 g/mol. The van der Waals surface area contributed by atoms with E-state index < -0.39 is 0 Å². The summed E-state index contributed by atoms with van der Waals surface area (Å²) in [4.78, 5) is 4.62. The van der Waals surface area contributed by atoms with Crippen LogP contribution in [0.5, 0.6) is 11.5 Å². The first kappa shape index (κ1) is 36.0. The Morgan fingerprint density at radius 2 is 0.656 bits per heavy atom. The third-order valence-electron chi connectivity index (χ3n) is 11.6. The SMILES string of the molecule is c1ccc(-c2ccc(N(c3ccc(-c4ccccc4)cc3)c3ccc(-c4ccc5c(c4)Oc4cc(N(c6ccccc6)c6ccccc6)cc6cccc-5c46)cc3)cc2)cc1. The number of nitrogens with zero attached hydrogens (tertiary/aromatic N) is 2. The molecule has 0 aliphatic carbocycles. The minimum absolute atomic E-state index is 0.850. The average molecular weight is 781 g/mol. The van der Waals surface area contributed by atoms with Crippen LogP contribution in [0.15, 0.2) is 243 Å². The summed E-state index contributed by atoms with van der Waals surface area (Å²) in [6.45, 7) is 0. The van der Waals surface area contributed by atoms with Crippen molar-refractivity contribution < 1.29 is 4.74 Å². The molecule has 0 atom stereocenters. The van der Waals surface area contributed by atoms with Gasteiger partial charge in [-0.15, -0.1) is 0 Å². The van der Waals surface area contributed by atoms with Gasteiger partial charge in [0.25, 0.3) is 0 Å². The second-order valence-electron chi connectivity index (χ2n) is 15.4. The predicted molar refractivity (Wildman–Crippen MR) is 255 cm³/mol. The molecule has 10 aromatic rings. The number of anilines is 6. The molecule has 1 heterocycles. The van der Waals surface area contributed by atoms with Gasteiger partial charge >= 0.3 is 0 Å². The molecule has 0 aromatic heterocycles. The highest BCUT2D eigenvalue weighted by Gasteiger charge is 2.24. The Bertz CT molecular complexity index is 2990. The summed E-state index contributed by atoms with van der Waals surface area (Å²) in [5.74, 6) is 1.70. The summed E-state index contributed by atoms with van der Waals surface area (Å²) in [6, 6.07) is 86.3. The van der Waals surface area contributed by atoms with Gasteiger partial charge < -0.3 is 14.5 Å². The number of rotatable bonds is 9. The van der Waals surface area contributed by atoms with Gasteiger partial charge in [-0.2, -0.15) is 0 Å². The molecule has 0 saturated heterocycles. The maximum atomic E-state index is 6.90. The molecule has 0 amide bonds.